The molecular weight excluding hydrogens is 262 g/mol. The Morgan fingerprint density at radius 2 is 2.11 bits per heavy atom. The molecule has 0 aliphatic carbocycles. The van der Waals surface area contributed by atoms with Crippen LogP contribution in [0.15, 0.2) is 18.2 Å². The molecule has 0 fully saturated rings. The van der Waals surface area contributed by atoms with Gasteiger partial charge in [0.05, 0.1) is 18.7 Å². The van der Waals surface area contributed by atoms with Gasteiger partial charge in [0.2, 0.25) is 0 Å². The lowest BCUT2D eigenvalue weighted by Gasteiger charge is -2.12. The van der Waals surface area contributed by atoms with Crippen molar-refractivity contribution < 1.29 is 9.47 Å². The van der Waals surface area contributed by atoms with Gasteiger partial charge in [0, 0.05) is 12.6 Å². The minimum absolute atomic E-state index is 0.475. The fraction of sp³-hybridized carbons (Fsp3) is 0.467. The van der Waals surface area contributed by atoms with Crippen molar-refractivity contribution in [3.63, 3.8) is 0 Å². The Balaban J connectivity index is 2.83. The fourth-order valence-corrected chi connectivity index (χ4v) is 1.89. The number of methoxy groups -OCH3 is 1. The van der Waals surface area contributed by atoms with Gasteiger partial charge in [-0.25, -0.2) is 0 Å². The van der Waals surface area contributed by atoms with E-state index in [0.717, 1.165) is 12.1 Å². The molecule has 0 bridgehead atoms. The number of rotatable bonds is 7. The van der Waals surface area contributed by atoms with Gasteiger partial charge in [-0.05, 0) is 24.6 Å². The van der Waals surface area contributed by atoms with Gasteiger partial charge < -0.3 is 14.8 Å². The molecule has 0 saturated heterocycles. The number of halogens is 1. The summed E-state index contributed by atoms with van der Waals surface area (Å²) < 4.78 is 10.8. The third kappa shape index (κ3) is 5.13. The van der Waals surface area contributed by atoms with E-state index in [-0.39, 0.29) is 0 Å². The highest BCUT2D eigenvalue weighted by Crippen LogP contribution is 2.36. The van der Waals surface area contributed by atoms with Crippen molar-refractivity contribution in [1.82, 2.24) is 5.32 Å². The van der Waals surface area contributed by atoms with E-state index < -0.39 is 0 Å². The molecule has 0 aliphatic heterocycles. The summed E-state index contributed by atoms with van der Waals surface area (Å²) in [6.45, 7) is 7.53. The summed E-state index contributed by atoms with van der Waals surface area (Å²) in [5.41, 5.74) is 0.996. The summed E-state index contributed by atoms with van der Waals surface area (Å²) in [7, 11) is 1.61. The SMILES string of the molecule is CCOc1c(Cl)cc(C=CCNC(C)C)cc1OC. The summed E-state index contributed by atoms with van der Waals surface area (Å²) in [4.78, 5) is 0. The maximum atomic E-state index is 6.20. The van der Waals surface area contributed by atoms with Crippen LogP contribution in [-0.4, -0.2) is 26.3 Å². The number of ether oxygens (including phenoxy) is 2. The monoisotopic (exact) mass is 283 g/mol. The van der Waals surface area contributed by atoms with Crippen LogP contribution in [0.2, 0.25) is 5.02 Å². The van der Waals surface area contributed by atoms with Gasteiger partial charge >= 0.3 is 0 Å². The molecule has 0 spiro atoms. The van der Waals surface area contributed by atoms with Crippen LogP contribution in [0.3, 0.4) is 0 Å². The first-order chi connectivity index (χ1) is 9.08. The van der Waals surface area contributed by atoms with E-state index in [1.807, 2.05) is 25.1 Å². The summed E-state index contributed by atoms with van der Waals surface area (Å²) >= 11 is 6.20. The molecule has 0 saturated carbocycles. The molecular formula is C15H22ClNO2. The van der Waals surface area contributed by atoms with Gasteiger partial charge in [-0.1, -0.05) is 37.6 Å². The van der Waals surface area contributed by atoms with E-state index >= 15 is 0 Å². The van der Waals surface area contributed by atoms with E-state index in [2.05, 4.69) is 25.2 Å². The topological polar surface area (TPSA) is 30.5 Å². The normalized spacial score (nSPS) is 11.3. The van der Waals surface area contributed by atoms with E-state index in [1.165, 1.54) is 0 Å². The lowest BCUT2D eigenvalue weighted by atomic mass is 10.2. The molecule has 19 heavy (non-hydrogen) atoms. The molecule has 0 aromatic heterocycles. The summed E-state index contributed by atoms with van der Waals surface area (Å²) in [6.07, 6.45) is 4.07. The average Bonchev–Trinajstić information content (AvgIpc) is 2.37. The second kappa shape index (κ2) is 8.08. The van der Waals surface area contributed by atoms with Crippen LogP contribution in [0.4, 0.5) is 0 Å². The standard InChI is InChI=1S/C15H22ClNO2/c1-5-19-15-13(16)9-12(10-14(15)18-4)7-6-8-17-11(2)3/h6-7,9-11,17H,5,8H2,1-4H3. The van der Waals surface area contributed by atoms with Gasteiger partial charge in [0.25, 0.3) is 0 Å². The Labute approximate surface area is 120 Å². The van der Waals surface area contributed by atoms with Crippen LogP contribution >= 0.6 is 11.6 Å². The summed E-state index contributed by atoms with van der Waals surface area (Å²) in [5, 5.41) is 3.88. The highest BCUT2D eigenvalue weighted by Gasteiger charge is 2.10. The molecule has 0 unspecified atom stereocenters. The van der Waals surface area contributed by atoms with Gasteiger partial charge in [-0.2, -0.15) is 0 Å². The number of benzene rings is 1. The van der Waals surface area contributed by atoms with Crippen LogP contribution in [0.5, 0.6) is 11.5 Å². The van der Waals surface area contributed by atoms with E-state index in [0.29, 0.717) is 29.2 Å². The predicted molar refractivity (Wildman–Crippen MR) is 81.3 cm³/mol. The van der Waals surface area contributed by atoms with Gasteiger partial charge in [0.15, 0.2) is 11.5 Å². The smallest absolute Gasteiger partial charge is 0.179 e. The average molecular weight is 284 g/mol. The maximum absolute atomic E-state index is 6.20. The van der Waals surface area contributed by atoms with Crippen LogP contribution in [-0.2, 0) is 0 Å². The van der Waals surface area contributed by atoms with Crippen molar-refractivity contribution in [3.8, 4) is 11.5 Å². The molecule has 0 heterocycles. The zero-order valence-electron chi connectivity index (χ0n) is 12.0. The van der Waals surface area contributed by atoms with E-state index in [1.54, 1.807) is 7.11 Å². The van der Waals surface area contributed by atoms with E-state index in [9.17, 15) is 0 Å². The molecule has 0 amide bonds. The molecule has 1 aromatic rings. The molecule has 106 valence electrons. The van der Waals surface area contributed by atoms with Gasteiger partial charge in [-0.3, -0.25) is 0 Å². The van der Waals surface area contributed by atoms with Crippen LogP contribution in [0.1, 0.15) is 26.3 Å². The predicted octanol–water partition coefficient (Wildman–Crippen LogP) is 3.76. The molecule has 0 atom stereocenters. The lowest BCUT2D eigenvalue weighted by Crippen LogP contribution is -2.22. The third-order valence-electron chi connectivity index (χ3n) is 2.49. The summed E-state index contributed by atoms with van der Waals surface area (Å²) in [6, 6.07) is 4.27. The molecule has 4 heteroatoms. The number of hydrogen-bond acceptors (Lipinski definition) is 3. The Morgan fingerprint density at radius 3 is 2.68 bits per heavy atom. The highest BCUT2D eigenvalue weighted by molar-refractivity contribution is 6.32. The molecule has 0 aliphatic rings. The quantitative estimate of drug-likeness (QED) is 0.826. The molecule has 1 rings (SSSR count). The maximum Gasteiger partial charge on any atom is 0.179 e. The summed E-state index contributed by atoms with van der Waals surface area (Å²) in [5.74, 6) is 1.26. The van der Waals surface area contributed by atoms with Gasteiger partial charge in [0.1, 0.15) is 0 Å². The minimum Gasteiger partial charge on any atom is -0.493 e. The first-order valence-electron chi connectivity index (χ1n) is 6.48. The van der Waals surface area contributed by atoms with E-state index in [4.69, 9.17) is 21.1 Å². The third-order valence-corrected chi connectivity index (χ3v) is 2.78. The van der Waals surface area contributed by atoms with Crippen molar-refractivity contribution in [3.05, 3.63) is 28.8 Å². The van der Waals surface area contributed by atoms with Gasteiger partial charge in [-0.15, -0.1) is 0 Å². The Kier molecular flexibility index (Phi) is 6.74. The molecule has 3 nitrogen and oxygen atoms in total. The van der Waals surface area contributed by atoms with Crippen molar-refractivity contribution in [2.24, 2.45) is 0 Å². The Morgan fingerprint density at radius 1 is 1.37 bits per heavy atom. The molecule has 0 radical (unpaired) electrons. The van der Waals surface area contributed by atoms with Crippen LogP contribution in [0.25, 0.3) is 6.08 Å². The zero-order valence-corrected chi connectivity index (χ0v) is 12.8. The second-order valence-electron chi connectivity index (χ2n) is 4.43. The lowest BCUT2D eigenvalue weighted by molar-refractivity contribution is 0.311. The first-order valence-corrected chi connectivity index (χ1v) is 6.86. The highest BCUT2D eigenvalue weighted by atomic mass is 35.5. The van der Waals surface area contributed by atoms with Crippen molar-refractivity contribution in [1.29, 1.82) is 0 Å². The molecule has 1 N–H and O–H groups in total. The molecule has 1 aromatic carbocycles. The van der Waals surface area contributed by atoms with Crippen molar-refractivity contribution in [2.45, 2.75) is 26.8 Å². The Bertz CT molecular complexity index is 430. The second-order valence-corrected chi connectivity index (χ2v) is 4.84. The first kappa shape index (κ1) is 15.9. The van der Waals surface area contributed by atoms with Crippen molar-refractivity contribution in [2.75, 3.05) is 20.3 Å². The Hall–Kier alpha value is -1.19. The van der Waals surface area contributed by atoms with Crippen LogP contribution in [0, 0.1) is 0 Å². The van der Waals surface area contributed by atoms with Crippen LogP contribution < -0.4 is 14.8 Å². The largest absolute Gasteiger partial charge is 0.493 e. The number of nitrogens with one attached hydrogen (secondary N) is 1. The fourth-order valence-electron chi connectivity index (χ4n) is 1.62. The zero-order chi connectivity index (χ0) is 14.3. The van der Waals surface area contributed by atoms with Crippen molar-refractivity contribution >= 4 is 17.7 Å². The minimum atomic E-state index is 0.475. The number of hydrogen-bond donors (Lipinski definition) is 1.